The van der Waals surface area contributed by atoms with E-state index in [-0.39, 0.29) is 11.9 Å². The molecular weight excluding hydrogens is 360 g/mol. The first-order chi connectivity index (χ1) is 13.2. The number of ether oxygens (including phenoxy) is 2. The van der Waals surface area contributed by atoms with E-state index in [4.69, 9.17) is 9.47 Å². The minimum absolute atomic E-state index is 0.0832. The van der Waals surface area contributed by atoms with Crippen LogP contribution in [0.15, 0.2) is 29.6 Å². The summed E-state index contributed by atoms with van der Waals surface area (Å²) < 4.78 is 10.9. The number of carbonyl (C=O) groups is 1. The largest absolute Gasteiger partial charge is 0.497 e. The summed E-state index contributed by atoms with van der Waals surface area (Å²) in [5.41, 5.74) is 2.46. The van der Waals surface area contributed by atoms with Gasteiger partial charge in [0.25, 0.3) is 0 Å². The number of hydrogen-bond donors (Lipinski definition) is 0. The molecule has 6 heteroatoms. The van der Waals surface area contributed by atoms with E-state index in [9.17, 15) is 4.79 Å². The van der Waals surface area contributed by atoms with Gasteiger partial charge in [0.2, 0.25) is 5.91 Å². The van der Waals surface area contributed by atoms with E-state index in [2.05, 4.69) is 16.3 Å². The van der Waals surface area contributed by atoms with Crippen LogP contribution in [0.3, 0.4) is 0 Å². The zero-order valence-electron chi connectivity index (χ0n) is 15.9. The molecule has 1 amide bonds. The first-order valence-electron chi connectivity index (χ1n) is 9.48. The molecule has 0 N–H and O–H groups in total. The fourth-order valence-electron chi connectivity index (χ4n) is 4.21. The predicted octanol–water partition coefficient (Wildman–Crippen LogP) is 3.49. The molecule has 144 valence electrons. The van der Waals surface area contributed by atoms with Gasteiger partial charge in [-0.25, -0.2) is 0 Å². The molecule has 0 saturated carbocycles. The van der Waals surface area contributed by atoms with E-state index >= 15 is 0 Å². The topological polar surface area (TPSA) is 42.0 Å². The SMILES string of the molecule is COc1ccc(C2CCCN2C(=O)CN2CCc3sccc3C2)c(OC)c1. The molecule has 1 saturated heterocycles. The maximum atomic E-state index is 13.1. The fraction of sp³-hybridized carbons (Fsp3) is 0.476. The summed E-state index contributed by atoms with van der Waals surface area (Å²) in [4.78, 5) is 18.9. The van der Waals surface area contributed by atoms with Crippen LogP contribution in [0.5, 0.6) is 11.5 Å². The number of benzene rings is 1. The van der Waals surface area contributed by atoms with Crippen molar-refractivity contribution in [2.45, 2.75) is 31.8 Å². The summed E-state index contributed by atoms with van der Waals surface area (Å²) in [5.74, 6) is 1.78. The Morgan fingerprint density at radius 3 is 2.93 bits per heavy atom. The lowest BCUT2D eigenvalue weighted by Gasteiger charge is -2.31. The number of thiophene rings is 1. The van der Waals surface area contributed by atoms with Crippen molar-refractivity contribution in [3.63, 3.8) is 0 Å². The molecule has 0 spiro atoms. The van der Waals surface area contributed by atoms with Gasteiger partial charge < -0.3 is 14.4 Å². The summed E-state index contributed by atoms with van der Waals surface area (Å²) in [6, 6.07) is 8.16. The second-order valence-electron chi connectivity index (χ2n) is 7.18. The van der Waals surface area contributed by atoms with E-state index in [0.717, 1.165) is 56.0 Å². The number of methoxy groups -OCH3 is 2. The van der Waals surface area contributed by atoms with Crippen LogP contribution in [-0.4, -0.2) is 49.6 Å². The van der Waals surface area contributed by atoms with E-state index in [1.807, 2.05) is 34.4 Å². The Kier molecular flexibility index (Phi) is 5.36. The van der Waals surface area contributed by atoms with Crippen LogP contribution < -0.4 is 9.47 Å². The molecule has 2 aliphatic heterocycles. The highest BCUT2D eigenvalue weighted by Gasteiger charge is 2.33. The summed E-state index contributed by atoms with van der Waals surface area (Å²) >= 11 is 1.83. The third kappa shape index (κ3) is 3.69. The van der Waals surface area contributed by atoms with Gasteiger partial charge >= 0.3 is 0 Å². The maximum Gasteiger partial charge on any atom is 0.237 e. The highest BCUT2D eigenvalue weighted by atomic mass is 32.1. The molecule has 5 nitrogen and oxygen atoms in total. The molecular formula is C21H26N2O3S. The predicted molar refractivity (Wildman–Crippen MR) is 107 cm³/mol. The summed E-state index contributed by atoms with van der Waals surface area (Å²) in [7, 11) is 3.32. The molecule has 1 aromatic heterocycles. The van der Waals surface area contributed by atoms with Gasteiger partial charge in [-0.3, -0.25) is 9.69 Å². The molecule has 2 aliphatic rings. The minimum Gasteiger partial charge on any atom is -0.497 e. The minimum atomic E-state index is 0.0832. The van der Waals surface area contributed by atoms with E-state index < -0.39 is 0 Å². The van der Waals surface area contributed by atoms with Crippen LogP contribution in [0, 0.1) is 0 Å². The number of likely N-dealkylation sites (tertiary alicyclic amines) is 1. The van der Waals surface area contributed by atoms with Gasteiger partial charge in [0.1, 0.15) is 11.5 Å². The van der Waals surface area contributed by atoms with Crippen LogP contribution in [0.4, 0.5) is 0 Å². The van der Waals surface area contributed by atoms with Gasteiger partial charge in [-0.2, -0.15) is 0 Å². The molecule has 0 bridgehead atoms. The zero-order valence-corrected chi connectivity index (χ0v) is 16.8. The molecule has 1 aromatic carbocycles. The number of amides is 1. The quantitative estimate of drug-likeness (QED) is 0.789. The molecule has 2 aromatic rings. The Hall–Kier alpha value is -2.05. The molecule has 4 rings (SSSR count). The van der Waals surface area contributed by atoms with E-state index in [0.29, 0.717) is 6.54 Å². The average Bonchev–Trinajstić information content (AvgIpc) is 3.36. The highest BCUT2D eigenvalue weighted by molar-refractivity contribution is 7.10. The number of carbonyl (C=O) groups excluding carboxylic acids is 1. The van der Waals surface area contributed by atoms with Crippen LogP contribution in [-0.2, 0) is 17.8 Å². The zero-order chi connectivity index (χ0) is 18.8. The van der Waals surface area contributed by atoms with Crippen LogP contribution >= 0.6 is 11.3 Å². The Bertz CT molecular complexity index is 820. The van der Waals surface area contributed by atoms with Crippen molar-refractivity contribution in [2.75, 3.05) is 33.9 Å². The van der Waals surface area contributed by atoms with Crippen molar-refractivity contribution in [3.8, 4) is 11.5 Å². The van der Waals surface area contributed by atoms with Gasteiger partial charge in [0, 0.05) is 36.1 Å². The highest BCUT2D eigenvalue weighted by Crippen LogP contribution is 2.38. The van der Waals surface area contributed by atoms with Crippen LogP contribution in [0.25, 0.3) is 0 Å². The van der Waals surface area contributed by atoms with Gasteiger partial charge in [0.05, 0.1) is 26.8 Å². The van der Waals surface area contributed by atoms with Crippen molar-refractivity contribution in [1.82, 2.24) is 9.80 Å². The van der Waals surface area contributed by atoms with Crippen molar-refractivity contribution < 1.29 is 14.3 Å². The normalized spacial score (nSPS) is 19.8. The number of fused-ring (bicyclic) bond motifs is 1. The van der Waals surface area contributed by atoms with Crippen molar-refractivity contribution in [2.24, 2.45) is 0 Å². The smallest absolute Gasteiger partial charge is 0.237 e. The van der Waals surface area contributed by atoms with Gasteiger partial charge in [0.15, 0.2) is 0 Å². The lowest BCUT2D eigenvalue weighted by molar-refractivity contribution is -0.133. The fourth-order valence-corrected chi connectivity index (χ4v) is 5.10. The van der Waals surface area contributed by atoms with Crippen LogP contribution in [0.1, 0.15) is 34.9 Å². The lowest BCUT2D eigenvalue weighted by Crippen LogP contribution is -2.41. The monoisotopic (exact) mass is 386 g/mol. The van der Waals surface area contributed by atoms with Crippen molar-refractivity contribution in [3.05, 3.63) is 45.6 Å². The second kappa shape index (κ2) is 7.90. The van der Waals surface area contributed by atoms with E-state index in [1.165, 1.54) is 10.4 Å². The summed E-state index contributed by atoms with van der Waals surface area (Å²) in [6.45, 7) is 3.15. The van der Waals surface area contributed by atoms with Crippen LogP contribution in [0.2, 0.25) is 0 Å². The molecule has 0 aliphatic carbocycles. The number of nitrogens with zero attached hydrogens (tertiary/aromatic N) is 2. The first kappa shape index (κ1) is 18.3. The van der Waals surface area contributed by atoms with Gasteiger partial charge in [-0.1, -0.05) is 0 Å². The molecule has 0 radical (unpaired) electrons. The van der Waals surface area contributed by atoms with E-state index in [1.54, 1.807) is 14.2 Å². The second-order valence-corrected chi connectivity index (χ2v) is 8.18. The lowest BCUT2D eigenvalue weighted by atomic mass is 10.0. The Balaban J connectivity index is 1.47. The Morgan fingerprint density at radius 2 is 2.11 bits per heavy atom. The van der Waals surface area contributed by atoms with Crippen molar-refractivity contribution >= 4 is 17.2 Å². The third-order valence-corrected chi connectivity index (χ3v) is 6.64. The molecule has 3 heterocycles. The Morgan fingerprint density at radius 1 is 1.22 bits per heavy atom. The van der Waals surface area contributed by atoms with Gasteiger partial charge in [-0.15, -0.1) is 11.3 Å². The van der Waals surface area contributed by atoms with Crippen molar-refractivity contribution in [1.29, 1.82) is 0 Å². The number of hydrogen-bond acceptors (Lipinski definition) is 5. The molecule has 1 fully saturated rings. The Labute approximate surface area is 164 Å². The average molecular weight is 387 g/mol. The molecule has 1 unspecified atom stereocenters. The summed E-state index contributed by atoms with van der Waals surface area (Å²) in [6.07, 6.45) is 3.05. The summed E-state index contributed by atoms with van der Waals surface area (Å²) in [5, 5.41) is 2.16. The van der Waals surface area contributed by atoms with Gasteiger partial charge in [-0.05, 0) is 48.4 Å². The number of rotatable bonds is 5. The molecule has 1 atom stereocenters. The maximum absolute atomic E-state index is 13.1. The molecule has 27 heavy (non-hydrogen) atoms. The standard InChI is InChI=1S/C21H26N2O3S/c1-25-16-5-6-17(19(12-16)26-2)18-4-3-9-23(18)21(24)14-22-10-7-20-15(13-22)8-11-27-20/h5-6,8,11-12,18H,3-4,7,9-10,13-14H2,1-2H3. The first-order valence-corrected chi connectivity index (χ1v) is 10.4. The third-order valence-electron chi connectivity index (χ3n) is 5.62.